The molecule has 1 aliphatic heterocycles. The number of aromatic nitrogens is 3. The van der Waals surface area contributed by atoms with Gasteiger partial charge in [0.15, 0.2) is 0 Å². The van der Waals surface area contributed by atoms with Crippen LogP contribution in [0.3, 0.4) is 0 Å². The van der Waals surface area contributed by atoms with Gasteiger partial charge in [-0.1, -0.05) is 0 Å². The SMILES string of the molecule is CC(C)Oc1nc(N)nc(N2CCCOC(C)C2)n1. The Morgan fingerprint density at radius 3 is 2.89 bits per heavy atom. The van der Waals surface area contributed by atoms with Crippen LogP contribution in [0.1, 0.15) is 27.2 Å². The summed E-state index contributed by atoms with van der Waals surface area (Å²) in [6.07, 6.45) is 1.09. The van der Waals surface area contributed by atoms with Crippen LogP contribution in [0.4, 0.5) is 11.9 Å². The van der Waals surface area contributed by atoms with Crippen molar-refractivity contribution in [3.63, 3.8) is 0 Å². The number of hydrogen-bond donors (Lipinski definition) is 1. The molecule has 1 atom stereocenters. The quantitative estimate of drug-likeness (QED) is 0.869. The summed E-state index contributed by atoms with van der Waals surface area (Å²) in [5, 5.41) is 0. The molecule has 0 bridgehead atoms. The molecule has 7 heteroatoms. The van der Waals surface area contributed by atoms with Gasteiger partial charge in [-0.3, -0.25) is 0 Å². The Hall–Kier alpha value is -1.63. The van der Waals surface area contributed by atoms with E-state index in [9.17, 15) is 0 Å². The molecule has 0 saturated carbocycles. The molecule has 1 saturated heterocycles. The summed E-state index contributed by atoms with van der Waals surface area (Å²) in [4.78, 5) is 14.6. The van der Waals surface area contributed by atoms with E-state index in [1.165, 1.54) is 0 Å². The molecular weight excluding hydrogens is 246 g/mol. The first kappa shape index (κ1) is 13.8. The summed E-state index contributed by atoms with van der Waals surface area (Å²) < 4.78 is 11.1. The lowest BCUT2D eigenvalue weighted by Crippen LogP contribution is -2.32. The van der Waals surface area contributed by atoms with Crippen LogP contribution < -0.4 is 15.4 Å². The number of nitrogens with two attached hydrogens (primary N) is 1. The van der Waals surface area contributed by atoms with Crippen molar-refractivity contribution in [1.29, 1.82) is 0 Å². The number of anilines is 2. The zero-order valence-corrected chi connectivity index (χ0v) is 11.7. The maximum absolute atomic E-state index is 5.72. The summed E-state index contributed by atoms with van der Waals surface area (Å²) in [5.74, 6) is 0.735. The molecule has 0 amide bonds. The highest BCUT2D eigenvalue weighted by Gasteiger charge is 2.19. The molecular formula is C12H21N5O2. The first-order chi connectivity index (χ1) is 9.04. The molecule has 1 aromatic rings. The van der Waals surface area contributed by atoms with E-state index in [-0.39, 0.29) is 24.2 Å². The lowest BCUT2D eigenvalue weighted by Gasteiger charge is -2.22. The fraction of sp³-hybridized carbons (Fsp3) is 0.750. The van der Waals surface area contributed by atoms with Gasteiger partial charge in [0.2, 0.25) is 11.9 Å². The van der Waals surface area contributed by atoms with E-state index in [0.29, 0.717) is 5.95 Å². The highest BCUT2D eigenvalue weighted by Crippen LogP contribution is 2.17. The van der Waals surface area contributed by atoms with Crippen LogP contribution in [0, 0.1) is 0 Å². The molecule has 2 heterocycles. The minimum Gasteiger partial charge on any atom is -0.461 e. The van der Waals surface area contributed by atoms with Crippen LogP contribution >= 0.6 is 0 Å². The molecule has 1 unspecified atom stereocenters. The van der Waals surface area contributed by atoms with Crippen molar-refractivity contribution in [1.82, 2.24) is 15.0 Å². The molecule has 1 aromatic heterocycles. The summed E-state index contributed by atoms with van der Waals surface area (Å²) in [5.41, 5.74) is 5.72. The van der Waals surface area contributed by atoms with Crippen molar-refractivity contribution in [2.24, 2.45) is 0 Å². The molecule has 0 aliphatic carbocycles. The normalized spacial score (nSPS) is 20.4. The summed E-state index contributed by atoms with van der Waals surface area (Å²) in [6.45, 7) is 8.21. The van der Waals surface area contributed by atoms with Gasteiger partial charge in [-0.05, 0) is 27.2 Å². The molecule has 2 N–H and O–H groups in total. The van der Waals surface area contributed by atoms with E-state index in [1.54, 1.807) is 0 Å². The summed E-state index contributed by atoms with van der Waals surface area (Å²) in [7, 11) is 0. The van der Waals surface area contributed by atoms with Gasteiger partial charge < -0.3 is 20.1 Å². The van der Waals surface area contributed by atoms with Gasteiger partial charge >= 0.3 is 6.01 Å². The largest absolute Gasteiger partial charge is 0.461 e. The average molecular weight is 267 g/mol. The molecule has 0 radical (unpaired) electrons. The first-order valence-electron chi connectivity index (χ1n) is 6.59. The number of nitrogens with zero attached hydrogens (tertiary/aromatic N) is 4. The molecule has 0 aromatic carbocycles. The topological polar surface area (TPSA) is 86.4 Å². The minimum atomic E-state index is 0.000963. The van der Waals surface area contributed by atoms with E-state index in [2.05, 4.69) is 19.9 Å². The number of rotatable bonds is 3. The smallest absolute Gasteiger partial charge is 0.323 e. The molecule has 1 aliphatic rings. The van der Waals surface area contributed by atoms with Crippen LogP contribution in [-0.2, 0) is 4.74 Å². The number of ether oxygens (including phenoxy) is 2. The highest BCUT2D eigenvalue weighted by atomic mass is 16.5. The van der Waals surface area contributed by atoms with Crippen LogP contribution in [0.15, 0.2) is 0 Å². The van der Waals surface area contributed by atoms with Crippen LogP contribution in [0.5, 0.6) is 6.01 Å². The van der Waals surface area contributed by atoms with Crippen molar-refractivity contribution >= 4 is 11.9 Å². The van der Waals surface area contributed by atoms with Gasteiger partial charge in [0.1, 0.15) is 0 Å². The minimum absolute atomic E-state index is 0.000963. The molecule has 0 spiro atoms. The monoisotopic (exact) mass is 267 g/mol. The number of hydrogen-bond acceptors (Lipinski definition) is 7. The predicted molar refractivity (Wildman–Crippen MR) is 72.2 cm³/mol. The maximum Gasteiger partial charge on any atom is 0.323 e. The van der Waals surface area contributed by atoms with E-state index < -0.39 is 0 Å². The third-order valence-corrected chi connectivity index (χ3v) is 2.70. The Kier molecular flexibility index (Phi) is 4.36. The maximum atomic E-state index is 5.72. The Labute approximate surface area is 113 Å². The Morgan fingerprint density at radius 1 is 1.37 bits per heavy atom. The second-order valence-corrected chi connectivity index (χ2v) is 4.92. The lowest BCUT2D eigenvalue weighted by atomic mass is 10.3. The van der Waals surface area contributed by atoms with E-state index in [4.69, 9.17) is 15.2 Å². The molecule has 2 rings (SSSR count). The van der Waals surface area contributed by atoms with Gasteiger partial charge in [-0.15, -0.1) is 0 Å². The fourth-order valence-electron chi connectivity index (χ4n) is 1.94. The van der Waals surface area contributed by atoms with E-state index in [1.807, 2.05) is 20.8 Å². The average Bonchev–Trinajstić information content (AvgIpc) is 2.52. The third kappa shape index (κ3) is 3.92. The highest BCUT2D eigenvalue weighted by molar-refractivity contribution is 5.36. The third-order valence-electron chi connectivity index (χ3n) is 2.70. The Bertz CT molecular complexity index is 427. The van der Waals surface area contributed by atoms with Gasteiger partial charge in [-0.25, -0.2) is 0 Å². The molecule has 106 valence electrons. The predicted octanol–water partition coefficient (Wildman–Crippen LogP) is 0.856. The van der Waals surface area contributed by atoms with Crippen molar-refractivity contribution in [2.45, 2.75) is 39.4 Å². The van der Waals surface area contributed by atoms with Crippen LogP contribution in [-0.4, -0.2) is 46.9 Å². The summed E-state index contributed by atoms with van der Waals surface area (Å²) >= 11 is 0. The van der Waals surface area contributed by atoms with Crippen molar-refractivity contribution in [3.8, 4) is 6.01 Å². The first-order valence-corrected chi connectivity index (χ1v) is 6.59. The van der Waals surface area contributed by atoms with Gasteiger partial charge in [0.05, 0.1) is 12.2 Å². The Balaban J connectivity index is 2.20. The fourth-order valence-corrected chi connectivity index (χ4v) is 1.94. The molecule has 1 fully saturated rings. The summed E-state index contributed by atoms with van der Waals surface area (Å²) in [6, 6.07) is 0.273. The number of nitrogen functional groups attached to an aromatic ring is 1. The van der Waals surface area contributed by atoms with Gasteiger partial charge in [0, 0.05) is 19.7 Å². The molecule has 7 nitrogen and oxygen atoms in total. The van der Waals surface area contributed by atoms with Crippen molar-refractivity contribution < 1.29 is 9.47 Å². The Morgan fingerprint density at radius 2 is 2.16 bits per heavy atom. The van der Waals surface area contributed by atoms with Gasteiger partial charge in [-0.2, -0.15) is 15.0 Å². The standard InChI is InChI=1S/C12H21N5O2/c1-8(2)19-12-15-10(13)14-11(16-12)17-5-4-6-18-9(3)7-17/h8-9H,4-7H2,1-3H3,(H2,13,14,15,16). The van der Waals surface area contributed by atoms with Crippen LogP contribution in [0.25, 0.3) is 0 Å². The van der Waals surface area contributed by atoms with Crippen LogP contribution in [0.2, 0.25) is 0 Å². The zero-order valence-electron chi connectivity index (χ0n) is 11.7. The second-order valence-electron chi connectivity index (χ2n) is 4.92. The van der Waals surface area contributed by atoms with Gasteiger partial charge in [0.25, 0.3) is 0 Å². The van der Waals surface area contributed by atoms with Crippen molar-refractivity contribution in [3.05, 3.63) is 0 Å². The molecule has 19 heavy (non-hydrogen) atoms. The second kappa shape index (κ2) is 6.01. The zero-order chi connectivity index (χ0) is 13.8. The lowest BCUT2D eigenvalue weighted by molar-refractivity contribution is 0.0820. The van der Waals surface area contributed by atoms with E-state index in [0.717, 1.165) is 26.1 Å². The van der Waals surface area contributed by atoms with E-state index >= 15 is 0 Å². The van der Waals surface area contributed by atoms with Crippen molar-refractivity contribution in [2.75, 3.05) is 30.3 Å².